The Balaban J connectivity index is 1.41. The molecule has 0 radical (unpaired) electrons. The van der Waals surface area contributed by atoms with E-state index in [0.717, 1.165) is 55.8 Å². The van der Waals surface area contributed by atoms with Crippen LogP contribution in [0.15, 0.2) is 102 Å². The Morgan fingerprint density at radius 3 is 2.36 bits per heavy atom. The highest BCUT2D eigenvalue weighted by Crippen LogP contribution is 2.30. The molecule has 2 heterocycles. The van der Waals surface area contributed by atoms with E-state index in [1.807, 2.05) is 42.6 Å². The molecule has 4 nitrogen and oxygen atoms in total. The molecule has 0 fully saturated rings. The summed E-state index contributed by atoms with van der Waals surface area (Å²) in [5.41, 5.74) is 9.54. The Hall–Kier alpha value is -4.44. The average molecular weight is 427 g/mol. The van der Waals surface area contributed by atoms with Crippen molar-refractivity contribution in [3.05, 3.63) is 108 Å². The molecule has 6 aromatic rings. The van der Waals surface area contributed by atoms with Gasteiger partial charge in [0.15, 0.2) is 0 Å². The molecule has 4 heteroatoms. The number of aromatic amines is 2. The number of hydrogen-bond donors (Lipinski definition) is 2. The van der Waals surface area contributed by atoms with Crippen molar-refractivity contribution in [2.75, 3.05) is 0 Å². The zero-order valence-electron chi connectivity index (χ0n) is 18.2. The lowest BCUT2D eigenvalue weighted by Gasteiger charge is -2.03. The molecule has 33 heavy (non-hydrogen) atoms. The van der Waals surface area contributed by atoms with Gasteiger partial charge in [-0.1, -0.05) is 72.3 Å². The molecule has 158 valence electrons. The van der Waals surface area contributed by atoms with Gasteiger partial charge in [0, 0.05) is 28.2 Å². The van der Waals surface area contributed by atoms with Crippen LogP contribution < -0.4 is 0 Å². The number of nitrogens with zero attached hydrogens (tertiary/aromatic N) is 2. The number of nitrogens with one attached hydrogen (secondary N) is 2. The maximum Gasteiger partial charge on any atom is 0.138 e. The molecule has 0 spiro atoms. The van der Waals surface area contributed by atoms with E-state index in [-0.39, 0.29) is 0 Å². The minimum atomic E-state index is 0.848. The number of hydrogen-bond acceptors (Lipinski definition) is 2. The van der Waals surface area contributed by atoms with Crippen LogP contribution in [0.3, 0.4) is 0 Å². The third kappa shape index (κ3) is 3.62. The SMILES string of the molecule is Cc1ccc(-c2[nH]c3ccccc3c2C=Nc2cccc(-c3nc4ccccc4[nH]3)c2)cc1. The summed E-state index contributed by atoms with van der Waals surface area (Å²) in [6.07, 6.45) is 1.96. The topological polar surface area (TPSA) is 56.8 Å². The maximum atomic E-state index is 4.86. The highest BCUT2D eigenvalue weighted by Gasteiger charge is 2.12. The van der Waals surface area contributed by atoms with Crippen molar-refractivity contribution in [2.24, 2.45) is 4.99 Å². The van der Waals surface area contributed by atoms with Crippen molar-refractivity contribution in [3.8, 4) is 22.6 Å². The van der Waals surface area contributed by atoms with Gasteiger partial charge in [0.25, 0.3) is 0 Å². The fourth-order valence-corrected chi connectivity index (χ4v) is 4.21. The van der Waals surface area contributed by atoms with Gasteiger partial charge in [0.1, 0.15) is 5.82 Å². The Kier molecular flexibility index (Phi) is 4.62. The minimum Gasteiger partial charge on any atom is -0.354 e. The van der Waals surface area contributed by atoms with Gasteiger partial charge in [-0.2, -0.15) is 0 Å². The zero-order chi connectivity index (χ0) is 22.2. The second kappa shape index (κ2) is 7.92. The van der Waals surface area contributed by atoms with Crippen molar-refractivity contribution in [3.63, 3.8) is 0 Å². The van der Waals surface area contributed by atoms with E-state index < -0.39 is 0 Å². The first-order valence-electron chi connectivity index (χ1n) is 11.0. The molecule has 0 aliphatic heterocycles. The smallest absolute Gasteiger partial charge is 0.138 e. The Bertz CT molecular complexity index is 1580. The first-order chi connectivity index (χ1) is 16.2. The average Bonchev–Trinajstić information content (AvgIpc) is 3.45. The summed E-state index contributed by atoms with van der Waals surface area (Å²) < 4.78 is 0. The molecule has 0 atom stereocenters. The standard InChI is InChI=1S/C29H22N4/c1-19-13-15-20(16-14-19)28-24(23-9-2-3-10-25(23)31-28)18-30-22-8-6-7-21(17-22)29-32-26-11-4-5-12-27(26)33-29/h2-18,31H,1H3,(H,32,33). The second-order valence-electron chi connectivity index (χ2n) is 8.24. The Labute approximate surface area is 191 Å². The summed E-state index contributed by atoms with van der Waals surface area (Å²) >= 11 is 0. The van der Waals surface area contributed by atoms with Crippen LogP contribution in [0.25, 0.3) is 44.6 Å². The van der Waals surface area contributed by atoms with Crippen LogP contribution in [0.2, 0.25) is 0 Å². The van der Waals surface area contributed by atoms with Gasteiger partial charge in [-0.05, 0) is 42.8 Å². The molecule has 2 aromatic heterocycles. The summed E-state index contributed by atoms with van der Waals surface area (Å²) in [6, 6.07) is 33.2. The van der Waals surface area contributed by atoms with Crippen molar-refractivity contribution < 1.29 is 0 Å². The molecule has 0 saturated carbocycles. The van der Waals surface area contributed by atoms with Crippen LogP contribution in [0.1, 0.15) is 11.1 Å². The molecule has 0 aliphatic rings. The van der Waals surface area contributed by atoms with E-state index in [0.29, 0.717) is 0 Å². The summed E-state index contributed by atoms with van der Waals surface area (Å²) in [6.45, 7) is 2.10. The minimum absolute atomic E-state index is 0.848. The maximum absolute atomic E-state index is 4.86. The van der Waals surface area contributed by atoms with E-state index in [9.17, 15) is 0 Å². The predicted molar refractivity (Wildman–Crippen MR) is 137 cm³/mol. The molecule has 0 saturated heterocycles. The van der Waals surface area contributed by atoms with Crippen molar-refractivity contribution in [2.45, 2.75) is 6.92 Å². The highest BCUT2D eigenvalue weighted by atomic mass is 14.9. The lowest BCUT2D eigenvalue weighted by atomic mass is 10.0. The molecule has 2 N–H and O–H groups in total. The third-order valence-electron chi connectivity index (χ3n) is 5.94. The molecule has 0 amide bonds. The normalized spacial score (nSPS) is 11.7. The fourth-order valence-electron chi connectivity index (χ4n) is 4.21. The van der Waals surface area contributed by atoms with Gasteiger partial charge in [0.05, 0.1) is 22.4 Å². The van der Waals surface area contributed by atoms with Crippen molar-refractivity contribution in [1.29, 1.82) is 0 Å². The number of aryl methyl sites for hydroxylation is 1. The van der Waals surface area contributed by atoms with Crippen LogP contribution >= 0.6 is 0 Å². The third-order valence-corrected chi connectivity index (χ3v) is 5.94. The number of para-hydroxylation sites is 3. The fraction of sp³-hybridized carbons (Fsp3) is 0.0345. The number of aliphatic imine (C=N–C) groups is 1. The van der Waals surface area contributed by atoms with Gasteiger partial charge >= 0.3 is 0 Å². The lowest BCUT2D eigenvalue weighted by molar-refractivity contribution is 1.33. The molecule has 0 aliphatic carbocycles. The monoisotopic (exact) mass is 426 g/mol. The molecular formula is C29H22N4. The number of imidazole rings is 1. The van der Waals surface area contributed by atoms with Gasteiger partial charge in [-0.15, -0.1) is 0 Å². The van der Waals surface area contributed by atoms with Gasteiger partial charge in [-0.25, -0.2) is 4.98 Å². The molecular weight excluding hydrogens is 404 g/mol. The van der Waals surface area contributed by atoms with Crippen LogP contribution in [-0.4, -0.2) is 21.2 Å². The summed E-state index contributed by atoms with van der Waals surface area (Å²) in [4.78, 5) is 16.6. The number of fused-ring (bicyclic) bond motifs is 2. The summed E-state index contributed by atoms with van der Waals surface area (Å²) in [5.74, 6) is 0.848. The van der Waals surface area contributed by atoms with Crippen LogP contribution in [-0.2, 0) is 0 Å². The van der Waals surface area contributed by atoms with Crippen LogP contribution in [0.5, 0.6) is 0 Å². The number of aromatic nitrogens is 3. The first-order valence-corrected chi connectivity index (χ1v) is 11.0. The number of H-pyrrole nitrogens is 2. The van der Waals surface area contributed by atoms with E-state index in [1.165, 1.54) is 5.56 Å². The number of rotatable bonds is 4. The van der Waals surface area contributed by atoms with E-state index in [4.69, 9.17) is 9.98 Å². The van der Waals surface area contributed by atoms with Gasteiger partial charge in [0.2, 0.25) is 0 Å². The summed E-state index contributed by atoms with van der Waals surface area (Å²) in [7, 11) is 0. The largest absolute Gasteiger partial charge is 0.354 e. The van der Waals surface area contributed by atoms with Crippen molar-refractivity contribution >= 4 is 33.8 Å². The lowest BCUT2D eigenvalue weighted by Crippen LogP contribution is -1.86. The first kappa shape index (κ1) is 19.3. The van der Waals surface area contributed by atoms with Crippen molar-refractivity contribution in [1.82, 2.24) is 15.0 Å². The van der Waals surface area contributed by atoms with E-state index in [2.05, 4.69) is 77.6 Å². The quantitative estimate of drug-likeness (QED) is 0.283. The molecule has 4 aromatic carbocycles. The Morgan fingerprint density at radius 1 is 0.727 bits per heavy atom. The second-order valence-corrected chi connectivity index (χ2v) is 8.24. The van der Waals surface area contributed by atoms with Crippen LogP contribution in [0, 0.1) is 6.92 Å². The van der Waals surface area contributed by atoms with Gasteiger partial charge in [-0.3, -0.25) is 4.99 Å². The Morgan fingerprint density at radius 2 is 1.52 bits per heavy atom. The summed E-state index contributed by atoms with van der Waals surface area (Å²) in [5, 5.41) is 1.16. The molecule has 6 rings (SSSR count). The van der Waals surface area contributed by atoms with E-state index in [1.54, 1.807) is 0 Å². The molecule has 0 unspecified atom stereocenters. The van der Waals surface area contributed by atoms with E-state index >= 15 is 0 Å². The highest BCUT2D eigenvalue weighted by molar-refractivity contribution is 6.06. The van der Waals surface area contributed by atoms with Crippen LogP contribution in [0.4, 0.5) is 5.69 Å². The zero-order valence-corrected chi connectivity index (χ0v) is 18.2. The predicted octanol–water partition coefficient (Wildman–Crippen LogP) is 7.44. The number of benzene rings is 4. The molecule has 0 bridgehead atoms. The van der Waals surface area contributed by atoms with Gasteiger partial charge < -0.3 is 9.97 Å².